The lowest BCUT2D eigenvalue weighted by atomic mass is 9.36. The van der Waals surface area contributed by atoms with Crippen molar-refractivity contribution in [1.82, 2.24) is 0 Å². The van der Waals surface area contributed by atoms with Gasteiger partial charge >= 0.3 is 17.9 Å². The maximum atomic E-state index is 13.4. The molecule has 7 heteroatoms. The zero-order valence-corrected chi connectivity index (χ0v) is 30.5. The molecule has 1 heterocycles. The monoisotopic (exact) mass is 660 g/mol. The van der Waals surface area contributed by atoms with Crippen LogP contribution in [0.4, 0.5) is 0 Å². The molecule has 48 heavy (non-hydrogen) atoms. The van der Waals surface area contributed by atoms with E-state index in [-0.39, 0.29) is 41.3 Å². The molecule has 0 aromatic heterocycles. The van der Waals surface area contributed by atoms with Crippen molar-refractivity contribution in [1.29, 1.82) is 0 Å². The summed E-state index contributed by atoms with van der Waals surface area (Å²) in [6, 6.07) is 9.05. The number of hydrogen-bond acceptors (Lipinski definition) is 7. The van der Waals surface area contributed by atoms with Crippen LogP contribution in [0, 0.1) is 45.3 Å². The third-order valence-electron chi connectivity index (χ3n) is 14.0. The van der Waals surface area contributed by atoms with Crippen molar-refractivity contribution in [2.75, 3.05) is 6.61 Å². The number of carbonyl (C=O) groups is 3. The highest BCUT2D eigenvalue weighted by molar-refractivity contribution is 5.89. The molecule has 0 radical (unpaired) electrons. The van der Waals surface area contributed by atoms with Crippen LogP contribution >= 0.6 is 0 Å². The molecule has 1 aliphatic heterocycles. The van der Waals surface area contributed by atoms with E-state index in [4.69, 9.17) is 18.9 Å². The summed E-state index contributed by atoms with van der Waals surface area (Å²) in [6.07, 6.45) is 7.25. The lowest BCUT2D eigenvalue weighted by molar-refractivity contribution is -0.259. The zero-order chi connectivity index (χ0) is 34.8. The summed E-state index contributed by atoms with van der Waals surface area (Å²) < 4.78 is 25.3. The Hall–Kier alpha value is -3.09. The standard InChI is InChI=1S/C41H56O7/c1-24(2)30-17-15-28(23-45-30)29-16-18-31-39(29,7)20-19-32-40(31,8)35(46-25(3)42)21-33-38(5,6)34(22-36(41(32,33)9)47-26(4)43)48-37(44)27-13-11-10-12-14-27/h10-14,18,28-29,32-36H,15-17,19-23H2,1-9H3/t28-,29+,32+,33?,34-,35-,36+,39+,40+,41-/m1/s1. The Morgan fingerprint density at radius 3 is 2.06 bits per heavy atom. The lowest BCUT2D eigenvalue weighted by Crippen LogP contribution is -2.70. The first kappa shape index (κ1) is 34.8. The topological polar surface area (TPSA) is 88.1 Å². The highest BCUT2D eigenvalue weighted by atomic mass is 16.6. The van der Waals surface area contributed by atoms with Crippen molar-refractivity contribution < 1.29 is 33.3 Å². The van der Waals surface area contributed by atoms with Crippen molar-refractivity contribution in [2.24, 2.45) is 45.3 Å². The number of rotatable bonds is 5. The van der Waals surface area contributed by atoms with Gasteiger partial charge in [-0.15, -0.1) is 0 Å². The molecule has 0 amide bonds. The van der Waals surface area contributed by atoms with E-state index in [2.05, 4.69) is 54.5 Å². The number of hydrogen-bond donors (Lipinski definition) is 0. The van der Waals surface area contributed by atoms with Crippen LogP contribution in [0.25, 0.3) is 0 Å². The number of fused-ring (bicyclic) bond motifs is 5. The molecular formula is C41H56O7. The van der Waals surface area contributed by atoms with E-state index in [9.17, 15) is 14.4 Å². The number of carbonyl (C=O) groups excluding carboxylic acids is 3. The Bertz CT molecular complexity index is 1490. The van der Waals surface area contributed by atoms with Gasteiger partial charge in [0.1, 0.15) is 18.3 Å². The summed E-state index contributed by atoms with van der Waals surface area (Å²) in [5, 5.41) is 0. The van der Waals surface area contributed by atoms with Gasteiger partial charge in [0, 0.05) is 42.9 Å². The first-order chi connectivity index (χ1) is 22.5. The van der Waals surface area contributed by atoms with Crippen LogP contribution in [0.2, 0.25) is 0 Å². The van der Waals surface area contributed by atoms with Crippen LogP contribution in [0.1, 0.15) is 118 Å². The minimum Gasteiger partial charge on any atom is -0.498 e. The molecule has 10 atom stereocenters. The van der Waals surface area contributed by atoms with Crippen molar-refractivity contribution in [3.05, 3.63) is 58.9 Å². The lowest BCUT2D eigenvalue weighted by Gasteiger charge is -2.70. The summed E-state index contributed by atoms with van der Waals surface area (Å²) in [6.45, 7) is 19.4. The van der Waals surface area contributed by atoms with Crippen molar-refractivity contribution in [3.63, 3.8) is 0 Å². The van der Waals surface area contributed by atoms with E-state index < -0.39 is 28.5 Å². The van der Waals surface area contributed by atoms with Crippen molar-refractivity contribution in [3.8, 4) is 0 Å². The Balaban J connectivity index is 1.38. The molecule has 1 unspecified atom stereocenters. The maximum absolute atomic E-state index is 13.4. The van der Waals surface area contributed by atoms with Gasteiger partial charge in [-0.1, -0.05) is 64.5 Å². The second kappa shape index (κ2) is 12.4. The van der Waals surface area contributed by atoms with Crippen LogP contribution in [0.5, 0.6) is 0 Å². The molecule has 4 fully saturated rings. The normalized spacial score (nSPS) is 39.8. The van der Waals surface area contributed by atoms with Gasteiger partial charge in [-0.2, -0.15) is 0 Å². The fourth-order valence-electron chi connectivity index (χ4n) is 11.7. The second-order valence-corrected chi connectivity index (χ2v) is 17.0. The van der Waals surface area contributed by atoms with Crippen LogP contribution in [-0.2, 0) is 28.5 Å². The van der Waals surface area contributed by atoms with Crippen molar-refractivity contribution >= 4 is 17.9 Å². The molecule has 1 saturated heterocycles. The maximum Gasteiger partial charge on any atom is 0.338 e. The van der Waals surface area contributed by atoms with Crippen LogP contribution in [-0.4, -0.2) is 42.8 Å². The first-order valence-electron chi connectivity index (χ1n) is 18.1. The fraction of sp³-hybridized carbons (Fsp3) is 0.683. The summed E-state index contributed by atoms with van der Waals surface area (Å²) in [5.41, 5.74) is 1.76. The van der Waals surface area contributed by atoms with Gasteiger partial charge in [-0.25, -0.2) is 4.79 Å². The third kappa shape index (κ3) is 5.42. The Morgan fingerprint density at radius 2 is 1.46 bits per heavy atom. The van der Waals surface area contributed by atoms with Gasteiger partial charge < -0.3 is 18.9 Å². The predicted octanol–water partition coefficient (Wildman–Crippen LogP) is 8.62. The summed E-state index contributed by atoms with van der Waals surface area (Å²) in [7, 11) is 0. The molecule has 3 saturated carbocycles. The molecule has 1 aromatic carbocycles. The van der Waals surface area contributed by atoms with E-state index in [1.54, 1.807) is 12.1 Å². The van der Waals surface area contributed by atoms with E-state index in [1.165, 1.54) is 25.0 Å². The van der Waals surface area contributed by atoms with Gasteiger partial charge in [0.25, 0.3) is 0 Å². The fourth-order valence-corrected chi connectivity index (χ4v) is 11.7. The summed E-state index contributed by atoms with van der Waals surface area (Å²) in [5.74, 6) is 1.12. The molecule has 4 aliphatic carbocycles. The molecule has 262 valence electrons. The van der Waals surface area contributed by atoms with Crippen LogP contribution in [0.15, 0.2) is 53.3 Å². The largest absolute Gasteiger partial charge is 0.498 e. The molecule has 7 nitrogen and oxygen atoms in total. The molecule has 0 N–H and O–H groups in total. The van der Waals surface area contributed by atoms with Gasteiger partial charge in [0.2, 0.25) is 0 Å². The van der Waals surface area contributed by atoms with Crippen molar-refractivity contribution in [2.45, 2.75) is 126 Å². The minimum atomic E-state index is -0.490. The molecule has 5 aliphatic rings. The average molecular weight is 661 g/mol. The van der Waals surface area contributed by atoms with Gasteiger partial charge in [0.05, 0.1) is 17.9 Å². The molecule has 0 bridgehead atoms. The summed E-state index contributed by atoms with van der Waals surface area (Å²) in [4.78, 5) is 39.1. The smallest absolute Gasteiger partial charge is 0.338 e. The SMILES string of the molecule is CC(=O)O[C@H]1C[C@@H](OC(=O)c2ccccc2)C(C)(C)C2C[C@@H](OC(C)=O)[C@@]3(C)C4=CC[C@@H]([C@@H]5CCC(=C(C)C)OC5)[C@]4(C)CC[C@@H]3[C@]21C. The van der Waals surface area contributed by atoms with E-state index in [0.717, 1.165) is 44.5 Å². The van der Waals surface area contributed by atoms with Gasteiger partial charge in [-0.05, 0) is 92.7 Å². The van der Waals surface area contributed by atoms with E-state index in [1.807, 2.05) is 18.2 Å². The number of ether oxygens (including phenoxy) is 4. The Morgan fingerprint density at radius 1 is 0.792 bits per heavy atom. The van der Waals surface area contributed by atoms with Gasteiger partial charge in [0.15, 0.2) is 0 Å². The molecule has 6 rings (SSSR count). The van der Waals surface area contributed by atoms with E-state index in [0.29, 0.717) is 30.2 Å². The number of esters is 3. The summed E-state index contributed by atoms with van der Waals surface area (Å²) >= 11 is 0. The third-order valence-corrected chi connectivity index (χ3v) is 14.0. The molecule has 0 spiro atoms. The number of allylic oxidation sites excluding steroid dienone is 3. The Kier molecular flexibility index (Phi) is 8.94. The molecule has 1 aromatic rings. The van der Waals surface area contributed by atoms with Crippen LogP contribution in [0.3, 0.4) is 0 Å². The Labute approximate surface area is 287 Å². The number of benzene rings is 1. The average Bonchev–Trinajstić information content (AvgIpc) is 3.39. The van der Waals surface area contributed by atoms with E-state index >= 15 is 0 Å². The minimum absolute atomic E-state index is 0.0434. The highest BCUT2D eigenvalue weighted by Crippen LogP contribution is 2.74. The first-order valence-corrected chi connectivity index (χ1v) is 18.1. The zero-order valence-electron chi connectivity index (χ0n) is 30.5. The predicted molar refractivity (Wildman–Crippen MR) is 184 cm³/mol. The molecular weight excluding hydrogens is 604 g/mol. The quantitative estimate of drug-likeness (QED) is 0.178. The van der Waals surface area contributed by atoms with Crippen LogP contribution < -0.4 is 0 Å². The van der Waals surface area contributed by atoms with Gasteiger partial charge in [-0.3, -0.25) is 9.59 Å². The second-order valence-electron chi connectivity index (χ2n) is 17.0. The highest BCUT2D eigenvalue weighted by Gasteiger charge is 2.72.